The highest BCUT2D eigenvalue weighted by Crippen LogP contribution is 2.20. The third kappa shape index (κ3) is 2.19. The summed E-state index contributed by atoms with van der Waals surface area (Å²) in [5.41, 5.74) is 2.87. The Morgan fingerprint density at radius 1 is 1.12 bits per heavy atom. The third-order valence-corrected chi connectivity index (χ3v) is 2.38. The van der Waals surface area contributed by atoms with Crippen LogP contribution in [0.15, 0.2) is 30.3 Å². The molecule has 0 radical (unpaired) electrons. The Hall–Kier alpha value is -1.90. The molecule has 0 aliphatic rings. The fourth-order valence-corrected chi connectivity index (χ4v) is 1.57. The first-order chi connectivity index (χ1) is 7.69. The summed E-state index contributed by atoms with van der Waals surface area (Å²) in [6.45, 7) is 4.00. The largest absolute Gasteiger partial charge is 0.508 e. The summed E-state index contributed by atoms with van der Waals surface area (Å²) in [4.78, 5) is 8.79. The number of nitrogens with zero attached hydrogens (tertiary/aromatic N) is 2. The second-order valence-electron chi connectivity index (χ2n) is 3.71. The third-order valence-electron chi connectivity index (χ3n) is 2.38. The molecule has 0 fully saturated rings. The Labute approximate surface area is 94.8 Å². The summed E-state index contributed by atoms with van der Waals surface area (Å²) in [5, 5.41) is 9.23. The monoisotopic (exact) mass is 214 g/mol. The summed E-state index contributed by atoms with van der Waals surface area (Å²) in [6, 6.07) is 9.00. The van der Waals surface area contributed by atoms with Gasteiger partial charge in [-0.2, -0.15) is 0 Å². The highest BCUT2D eigenvalue weighted by molar-refractivity contribution is 5.60. The van der Waals surface area contributed by atoms with Gasteiger partial charge in [-0.05, 0) is 37.3 Å². The smallest absolute Gasteiger partial charge is 0.128 e. The van der Waals surface area contributed by atoms with Crippen LogP contribution in [0.5, 0.6) is 5.75 Å². The minimum absolute atomic E-state index is 0.269. The quantitative estimate of drug-likeness (QED) is 0.836. The zero-order valence-corrected chi connectivity index (χ0v) is 9.44. The molecule has 1 heterocycles. The van der Waals surface area contributed by atoms with Crippen molar-refractivity contribution >= 4 is 0 Å². The zero-order chi connectivity index (χ0) is 11.5. The first kappa shape index (κ1) is 10.6. The van der Waals surface area contributed by atoms with Gasteiger partial charge < -0.3 is 5.11 Å². The number of benzene rings is 1. The van der Waals surface area contributed by atoms with Crippen molar-refractivity contribution in [3.8, 4) is 17.0 Å². The second kappa shape index (κ2) is 4.31. The van der Waals surface area contributed by atoms with Gasteiger partial charge in [0.05, 0.1) is 5.69 Å². The molecule has 1 N–H and O–H groups in total. The van der Waals surface area contributed by atoms with Crippen molar-refractivity contribution in [2.45, 2.75) is 20.3 Å². The highest BCUT2D eigenvalue weighted by atomic mass is 16.3. The number of aromatic hydroxyl groups is 1. The lowest BCUT2D eigenvalue weighted by atomic mass is 10.1. The van der Waals surface area contributed by atoms with Gasteiger partial charge in [0.2, 0.25) is 0 Å². The standard InChI is InChI=1S/C13H14N2O/c1-3-13-14-9(2)8-12(15-13)10-4-6-11(16)7-5-10/h4-8,16H,3H2,1-2H3. The van der Waals surface area contributed by atoms with E-state index in [9.17, 15) is 5.11 Å². The van der Waals surface area contributed by atoms with Gasteiger partial charge in [0.25, 0.3) is 0 Å². The molecule has 0 aliphatic carbocycles. The maximum atomic E-state index is 9.23. The lowest BCUT2D eigenvalue weighted by Gasteiger charge is -2.04. The second-order valence-corrected chi connectivity index (χ2v) is 3.71. The number of hydrogen-bond donors (Lipinski definition) is 1. The number of aryl methyl sites for hydroxylation is 2. The van der Waals surface area contributed by atoms with Gasteiger partial charge in [-0.3, -0.25) is 0 Å². The summed E-state index contributed by atoms with van der Waals surface area (Å²) in [5.74, 6) is 1.12. The van der Waals surface area contributed by atoms with Crippen LogP contribution < -0.4 is 0 Å². The minimum Gasteiger partial charge on any atom is -0.508 e. The van der Waals surface area contributed by atoms with E-state index in [1.54, 1.807) is 12.1 Å². The molecule has 2 aromatic rings. The summed E-state index contributed by atoms with van der Waals surface area (Å²) < 4.78 is 0. The Kier molecular flexibility index (Phi) is 2.86. The Morgan fingerprint density at radius 3 is 2.44 bits per heavy atom. The number of rotatable bonds is 2. The normalized spacial score (nSPS) is 10.4. The molecule has 0 saturated heterocycles. The average Bonchev–Trinajstić information content (AvgIpc) is 2.29. The average molecular weight is 214 g/mol. The Balaban J connectivity index is 2.47. The van der Waals surface area contributed by atoms with Crippen molar-refractivity contribution in [3.05, 3.63) is 41.9 Å². The van der Waals surface area contributed by atoms with E-state index in [-0.39, 0.29) is 5.75 Å². The summed E-state index contributed by atoms with van der Waals surface area (Å²) in [6.07, 6.45) is 0.826. The predicted molar refractivity (Wildman–Crippen MR) is 63.2 cm³/mol. The van der Waals surface area contributed by atoms with E-state index in [1.807, 2.05) is 32.0 Å². The van der Waals surface area contributed by atoms with Crippen LogP contribution in [0.1, 0.15) is 18.4 Å². The SMILES string of the molecule is CCc1nc(C)cc(-c2ccc(O)cc2)n1. The molecule has 2 rings (SSSR count). The molecular formula is C13H14N2O. The summed E-state index contributed by atoms with van der Waals surface area (Å²) in [7, 11) is 0. The molecule has 0 bridgehead atoms. The highest BCUT2D eigenvalue weighted by Gasteiger charge is 2.03. The topological polar surface area (TPSA) is 46.0 Å². The molecule has 82 valence electrons. The maximum Gasteiger partial charge on any atom is 0.128 e. The van der Waals surface area contributed by atoms with Gasteiger partial charge in [-0.25, -0.2) is 9.97 Å². The van der Waals surface area contributed by atoms with E-state index < -0.39 is 0 Å². The van der Waals surface area contributed by atoms with Crippen molar-refractivity contribution in [1.82, 2.24) is 9.97 Å². The molecule has 0 unspecified atom stereocenters. The zero-order valence-electron chi connectivity index (χ0n) is 9.44. The molecule has 16 heavy (non-hydrogen) atoms. The van der Waals surface area contributed by atoms with Gasteiger partial charge >= 0.3 is 0 Å². The molecule has 0 saturated carbocycles. The van der Waals surface area contributed by atoms with Gasteiger partial charge in [-0.1, -0.05) is 6.92 Å². The number of phenolic OH excluding ortho intramolecular Hbond substituents is 1. The van der Waals surface area contributed by atoms with Gasteiger partial charge in [0, 0.05) is 17.7 Å². The molecule has 0 aliphatic heterocycles. The van der Waals surface area contributed by atoms with Crippen LogP contribution in [0.4, 0.5) is 0 Å². The van der Waals surface area contributed by atoms with Crippen molar-refractivity contribution < 1.29 is 5.11 Å². The lowest BCUT2D eigenvalue weighted by Crippen LogP contribution is -1.97. The van der Waals surface area contributed by atoms with Crippen molar-refractivity contribution in [2.75, 3.05) is 0 Å². The molecule has 0 atom stereocenters. The van der Waals surface area contributed by atoms with Crippen LogP contribution in [0.2, 0.25) is 0 Å². The minimum atomic E-state index is 0.269. The summed E-state index contributed by atoms with van der Waals surface area (Å²) >= 11 is 0. The van der Waals surface area contributed by atoms with E-state index in [0.29, 0.717) is 0 Å². The molecular weight excluding hydrogens is 200 g/mol. The molecule has 1 aromatic heterocycles. The van der Waals surface area contributed by atoms with Crippen molar-refractivity contribution in [1.29, 1.82) is 0 Å². The van der Waals surface area contributed by atoms with Crippen LogP contribution in [-0.2, 0) is 6.42 Å². The molecule has 1 aromatic carbocycles. The van der Waals surface area contributed by atoms with Crippen LogP contribution in [0.25, 0.3) is 11.3 Å². The van der Waals surface area contributed by atoms with E-state index in [2.05, 4.69) is 9.97 Å². The van der Waals surface area contributed by atoms with Crippen LogP contribution in [0.3, 0.4) is 0 Å². The first-order valence-corrected chi connectivity index (χ1v) is 5.33. The van der Waals surface area contributed by atoms with E-state index in [1.165, 1.54) is 0 Å². The van der Waals surface area contributed by atoms with Gasteiger partial charge in [0.15, 0.2) is 0 Å². The van der Waals surface area contributed by atoms with E-state index >= 15 is 0 Å². The molecule has 3 heteroatoms. The van der Waals surface area contributed by atoms with Crippen LogP contribution >= 0.6 is 0 Å². The van der Waals surface area contributed by atoms with Crippen LogP contribution in [-0.4, -0.2) is 15.1 Å². The fraction of sp³-hybridized carbons (Fsp3) is 0.231. The number of phenols is 1. The number of hydrogen-bond acceptors (Lipinski definition) is 3. The van der Waals surface area contributed by atoms with Crippen LogP contribution in [0, 0.1) is 6.92 Å². The first-order valence-electron chi connectivity index (χ1n) is 5.33. The molecule has 3 nitrogen and oxygen atoms in total. The molecule has 0 amide bonds. The lowest BCUT2D eigenvalue weighted by molar-refractivity contribution is 0.475. The predicted octanol–water partition coefficient (Wildman–Crippen LogP) is 2.72. The number of aromatic nitrogens is 2. The van der Waals surface area contributed by atoms with Gasteiger partial charge in [-0.15, -0.1) is 0 Å². The van der Waals surface area contributed by atoms with Gasteiger partial charge in [0.1, 0.15) is 11.6 Å². The van der Waals surface area contributed by atoms with E-state index in [4.69, 9.17) is 0 Å². The van der Waals surface area contributed by atoms with Crippen molar-refractivity contribution in [3.63, 3.8) is 0 Å². The molecule has 0 spiro atoms. The van der Waals surface area contributed by atoms with Crippen molar-refractivity contribution in [2.24, 2.45) is 0 Å². The maximum absolute atomic E-state index is 9.23. The Bertz CT molecular complexity index is 492. The Morgan fingerprint density at radius 2 is 1.81 bits per heavy atom. The fourth-order valence-electron chi connectivity index (χ4n) is 1.57. The van der Waals surface area contributed by atoms with E-state index in [0.717, 1.165) is 29.2 Å².